The van der Waals surface area contributed by atoms with Gasteiger partial charge in [-0.15, -0.1) is 0 Å². The maximum atomic E-state index is 13.0. The van der Waals surface area contributed by atoms with E-state index in [9.17, 15) is 13.2 Å². The van der Waals surface area contributed by atoms with Crippen LogP contribution >= 0.6 is 11.6 Å². The predicted molar refractivity (Wildman–Crippen MR) is 149 cm³/mol. The summed E-state index contributed by atoms with van der Waals surface area (Å²) in [6.45, 7) is 2.53. The van der Waals surface area contributed by atoms with Crippen LogP contribution in [0.25, 0.3) is 10.8 Å². The molecule has 0 saturated carbocycles. The number of piperidine rings is 1. The third-order valence-corrected chi connectivity index (χ3v) is 8.38. The zero-order valence-corrected chi connectivity index (χ0v) is 21.8. The van der Waals surface area contributed by atoms with Gasteiger partial charge in [-0.1, -0.05) is 60.1 Å². The summed E-state index contributed by atoms with van der Waals surface area (Å²) in [7, 11) is -3.78. The Balaban J connectivity index is 1.17. The number of hydrogen-bond donors (Lipinski definition) is 2. The van der Waals surface area contributed by atoms with Crippen LogP contribution in [-0.2, 0) is 21.4 Å². The number of nitrogens with zero attached hydrogens (tertiary/aromatic N) is 1. The van der Waals surface area contributed by atoms with E-state index in [0.29, 0.717) is 11.4 Å². The number of amides is 1. The minimum absolute atomic E-state index is 0.0318. The third kappa shape index (κ3) is 6.13. The van der Waals surface area contributed by atoms with Crippen molar-refractivity contribution in [2.24, 2.45) is 5.92 Å². The van der Waals surface area contributed by atoms with Crippen molar-refractivity contribution in [1.82, 2.24) is 4.90 Å². The van der Waals surface area contributed by atoms with Gasteiger partial charge in [0.15, 0.2) is 0 Å². The molecule has 37 heavy (non-hydrogen) atoms. The average Bonchev–Trinajstić information content (AvgIpc) is 2.91. The van der Waals surface area contributed by atoms with Gasteiger partial charge in [0.25, 0.3) is 10.0 Å². The van der Waals surface area contributed by atoms with E-state index in [1.54, 1.807) is 18.2 Å². The lowest BCUT2D eigenvalue weighted by Gasteiger charge is -2.31. The maximum Gasteiger partial charge on any atom is 0.261 e. The number of nitrogens with one attached hydrogen (secondary N) is 2. The number of rotatable bonds is 7. The number of sulfonamides is 1. The highest BCUT2D eigenvalue weighted by Gasteiger charge is 2.25. The molecule has 8 heteroatoms. The highest BCUT2D eigenvalue weighted by Crippen LogP contribution is 2.27. The van der Waals surface area contributed by atoms with Crippen molar-refractivity contribution < 1.29 is 13.2 Å². The number of halogens is 1. The Labute approximate surface area is 222 Å². The van der Waals surface area contributed by atoms with Gasteiger partial charge in [-0.25, -0.2) is 8.42 Å². The number of hydrogen-bond acceptors (Lipinski definition) is 4. The summed E-state index contributed by atoms with van der Waals surface area (Å²) < 4.78 is 28.7. The van der Waals surface area contributed by atoms with Crippen molar-refractivity contribution in [3.8, 4) is 0 Å². The molecule has 4 aromatic rings. The predicted octanol–water partition coefficient (Wildman–Crippen LogP) is 6.14. The van der Waals surface area contributed by atoms with Gasteiger partial charge in [0, 0.05) is 28.6 Å². The Kier molecular flexibility index (Phi) is 7.46. The van der Waals surface area contributed by atoms with Crippen molar-refractivity contribution in [3.63, 3.8) is 0 Å². The third-order valence-electron chi connectivity index (χ3n) is 6.74. The number of carbonyl (C=O) groups excluding carboxylic acids is 1. The summed E-state index contributed by atoms with van der Waals surface area (Å²) in [5, 5.41) is 5.46. The second-order valence-corrected chi connectivity index (χ2v) is 11.4. The summed E-state index contributed by atoms with van der Waals surface area (Å²) >= 11 is 5.97. The largest absolute Gasteiger partial charge is 0.326 e. The van der Waals surface area contributed by atoms with Gasteiger partial charge in [0.05, 0.1) is 10.6 Å². The second-order valence-electron chi connectivity index (χ2n) is 9.32. The van der Waals surface area contributed by atoms with Crippen LogP contribution in [0.15, 0.2) is 95.9 Å². The fraction of sp³-hybridized carbons (Fsp3) is 0.207. The monoisotopic (exact) mass is 533 g/mol. The molecule has 1 aliphatic heterocycles. The van der Waals surface area contributed by atoms with E-state index in [-0.39, 0.29) is 16.7 Å². The van der Waals surface area contributed by atoms with E-state index < -0.39 is 10.0 Å². The fourth-order valence-electron chi connectivity index (χ4n) is 4.68. The molecule has 6 nitrogen and oxygen atoms in total. The van der Waals surface area contributed by atoms with Crippen molar-refractivity contribution in [3.05, 3.63) is 102 Å². The van der Waals surface area contributed by atoms with Gasteiger partial charge in [-0.05, 0) is 79.3 Å². The number of benzene rings is 4. The van der Waals surface area contributed by atoms with Crippen LogP contribution in [0.2, 0.25) is 5.02 Å². The van der Waals surface area contributed by atoms with Crippen molar-refractivity contribution in [2.45, 2.75) is 24.3 Å². The van der Waals surface area contributed by atoms with Crippen LogP contribution in [0, 0.1) is 5.92 Å². The SMILES string of the molecule is O=C(Nc1ccc(S(=O)(=O)Nc2cccc3ccccc23)cc1)C1CCN(Cc2ccc(Cl)cc2)CC1. The number of carbonyl (C=O) groups is 1. The first-order chi connectivity index (χ1) is 17.9. The van der Waals surface area contributed by atoms with Gasteiger partial charge >= 0.3 is 0 Å². The lowest BCUT2D eigenvalue weighted by atomic mass is 9.95. The van der Waals surface area contributed by atoms with E-state index in [1.807, 2.05) is 60.7 Å². The number of likely N-dealkylation sites (tertiary alicyclic amines) is 1. The van der Waals surface area contributed by atoms with Gasteiger partial charge in [0.2, 0.25) is 5.91 Å². The Hall–Kier alpha value is -3.39. The molecule has 190 valence electrons. The smallest absolute Gasteiger partial charge is 0.261 e. The Morgan fingerprint density at radius 1 is 0.865 bits per heavy atom. The molecular formula is C29H28ClN3O3S. The summed E-state index contributed by atoms with van der Waals surface area (Å²) in [4.78, 5) is 15.3. The minimum Gasteiger partial charge on any atom is -0.326 e. The standard InChI is InChI=1S/C29H28ClN3O3S/c30-24-10-8-21(9-11-24)20-33-18-16-23(17-19-33)29(34)31-25-12-14-26(15-13-25)37(35,36)32-28-7-3-5-22-4-1-2-6-27(22)28/h1-15,23,32H,16-20H2,(H,31,34). The minimum atomic E-state index is -3.78. The zero-order chi connectivity index (χ0) is 25.8. The van der Waals surface area contributed by atoms with Crippen LogP contribution in [0.1, 0.15) is 18.4 Å². The van der Waals surface area contributed by atoms with Crippen molar-refractivity contribution >= 4 is 49.7 Å². The topological polar surface area (TPSA) is 78.5 Å². The van der Waals surface area contributed by atoms with E-state index in [4.69, 9.17) is 11.6 Å². The first kappa shape index (κ1) is 25.3. The maximum absolute atomic E-state index is 13.0. The molecule has 5 rings (SSSR count). The molecule has 0 radical (unpaired) electrons. The molecule has 1 amide bonds. The summed E-state index contributed by atoms with van der Waals surface area (Å²) in [5.74, 6) is -0.103. The first-order valence-electron chi connectivity index (χ1n) is 12.3. The van der Waals surface area contributed by atoms with Crippen molar-refractivity contribution in [2.75, 3.05) is 23.1 Å². The summed E-state index contributed by atoms with van der Waals surface area (Å²) in [6, 6.07) is 27.3. The van der Waals surface area contributed by atoms with Crippen molar-refractivity contribution in [1.29, 1.82) is 0 Å². The van der Waals surface area contributed by atoms with Crippen LogP contribution in [-0.4, -0.2) is 32.3 Å². The van der Waals surface area contributed by atoms with Gasteiger partial charge in [-0.3, -0.25) is 14.4 Å². The molecule has 2 N–H and O–H groups in total. The van der Waals surface area contributed by atoms with E-state index in [0.717, 1.165) is 48.3 Å². The van der Waals surface area contributed by atoms with Crippen LogP contribution in [0.5, 0.6) is 0 Å². The average molecular weight is 534 g/mol. The van der Waals surface area contributed by atoms with E-state index in [2.05, 4.69) is 14.9 Å². The highest BCUT2D eigenvalue weighted by molar-refractivity contribution is 7.92. The lowest BCUT2D eigenvalue weighted by Crippen LogP contribution is -2.37. The fourth-order valence-corrected chi connectivity index (χ4v) is 5.89. The molecule has 4 aromatic carbocycles. The summed E-state index contributed by atoms with van der Waals surface area (Å²) in [6.07, 6.45) is 1.56. The Morgan fingerprint density at radius 2 is 1.54 bits per heavy atom. The number of fused-ring (bicyclic) bond motifs is 1. The molecule has 0 aliphatic carbocycles. The highest BCUT2D eigenvalue weighted by atomic mass is 35.5. The molecule has 0 unspecified atom stereocenters. The Bertz CT molecular complexity index is 1490. The summed E-state index contributed by atoms with van der Waals surface area (Å²) in [5.41, 5.74) is 2.31. The molecule has 0 atom stereocenters. The number of anilines is 2. The molecule has 1 heterocycles. The van der Waals surface area contributed by atoms with Crippen LogP contribution in [0.3, 0.4) is 0 Å². The second kappa shape index (κ2) is 10.9. The molecule has 0 bridgehead atoms. The van der Waals surface area contributed by atoms with Gasteiger partial charge in [0.1, 0.15) is 0 Å². The van der Waals surface area contributed by atoms with E-state index >= 15 is 0 Å². The molecule has 0 aromatic heterocycles. The van der Waals surface area contributed by atoms with Crippen LogP contribution < -0.4 is 10.0 Å². The van der Waals surface area contributed by atoms with Gasteiger partial charge in [-0.2, -0.15) is 0 Å². The van der Waals surface area contributed by atoms with Crippen LogP contribution in [0.4, 0.5) is 11.4 Å². The first-order valence-corrected chi connectivity index (χ1v) is 14.1. The van der Waals surface area contributed by atoms with Gasteiger partial charge < -0.3 is 5.32 Å². The molecule has 1 saturated heterocycles. The zero-order valence-electron chi connectivity index (χ0n) is 20.2. The molecule has 1 aliphatic rings. The quantitative estimate of drug-likeness (QED) is 0.299. The normalized spacial score (nSPS) is 14.9. The molecular weight excluding hydrogens is 506 g/mol. The lowest BCUT2D eigenvalue weighted by molar-refractivity contribution is -0.121. The molecule has 1 fully saturated rings. The van der Waals surface area contributed by atoms with E-state index in [1.165, 1.54) is 17.7 Å². The Morgan fingerprint density at radius 3 is 2.27 bits per heavy atom. The molecule has 0 spiro atoms.